The normalized spacial score (nSPS) is 10.6. The minimum absolute atomic E-state index is 0.267. The van der Waals surface area contributed by atoms with Gasteiger partial charge in [-0.2, -0.15) is 4.98 Å². The molecule has 0 fully saturated rings. The van der Waals surface area contributed by atoms with Crippen molar-refractivity contribution in [3.63, 3.8) is 0 Å². The summed E-state index contributed by atoms with van der Waals surface area (Å²) in [6.07, 6.45) is 2.47. The molecule has 0 aliphatic rings. The highest BCUT2D eigenvalue weighted by atomic mass is 16.5. The van der Waals surface area contributed by atoms with Gasteiger partial charge in [0, 0.05) is 19.4 Å². The number of aromatic nitrogens is 3. The molecule has 0 atom stereocenters. The van der Waals surface area contributed by atoms with Gasteiger partial charge in [0.1, 0.15) is 5.76 Å². The number of oxazole rings is 1. The maximum Gasteiger partial charge on any atom is 0.273 e. The molecule has 96 valence electrons. The van der Waals surface area contributed by atoms with Crippen LogP contribution in [0.3, 0.4) is 0 Å². The van der Waals surface area contributed by atoms with E-state index in [9.17, 15) is 4.79 Å². The molecule has 2 rings (SSSR count). The Morgan fingerprint density at radius 1 is 1.50 bits per heavy atom. The average Bonchev–Trinajstić information content (AvgIpc) is 2.97. The van der Waals surface area contributed by atoms with E-state index in [1.54, 1.807) is 6.92 Å². The Morgan fingerprint density at radius 2 is 2.33 bits per heavy atom. The summed E-state index contributed by atoms with van der Waals surface area (Å²) < 4.78 is 9.96. The number of hydrogen-bond donors (Lipinski definition) is 1. The molecule has 18 heavy (non-hydrogen) atoms. The molecule has 0 spiro atoms. The van der Waals surface area contributed by atoms with Gasteiger partial charge in [0.25, 0.3) is 5.91 Å². The maximum absolute atomic E-state index is 11.7. The Hall–Kier alpha value is -2.18. The van der Waals surface area contributed by atoms with E-state index in [1.807, 2.05) is 6.92 Å². The molecule has 2 aromatic rings. The smallest absolute Gasteiger partial charge is 0.273 e. The van der Waals surface area contributed by atoms with Gasteiger partial charge < -0.3 is 14.3 Å². The summed E-state index contributed by atoms with van der Waals surface area (Å²) in [6, 6.07) is 0. The molecule has 0 unspecified atom stereocenters. The first-order valence-electron chi connectivity index (χ1n) is 5.70. The highest BCUT2D eigenvalue weighted by molar-refractivity contribution is 5.92. The molecule has 7 nitrogen and oxygen atoms in total. The topological polar surface area (TPSA) is 94.1 Å². The summed E-state index contributed by atoms with van der Waals surface area (Å²) in [5.74, 6) is 1.42. The summed E-state index contributed by atoms with van der Waals surface area (Å²) in [4.78, 5) is 19.6. The monoisotopic (exact) mass is 250 g/mol. The highest BCUT2D eigenvalue weighted by Crippen LogP contribution is 2.04. The van der Waals surface area contributed by atoms with Crippen LogP contribution in [0.15, 0.2) is 15.3 Å². The Bertz CT molecular complexity index is 532. The molecule has 7 heteroatoms. The highest BCUT2D eigenvalue weighted by Gasteiger charge is 2.13. The molecule has 0 aliphatic carbocycles. The van der Waals surface area contributed by atoms with Crippen LogP contribution in [-0.2, 0) is 12.8 Å². The zero-order valence-electron chi connectivity index (χ0n) is 10.3. The van der Waals surface area contributed by atoms with Crippen LogP contribution in [0.4, 0.5) is 0 Å². The Balaban J connectivity index is 1.82. The first-order valence-corrected chi connectivity index (χ1v) is 5.70. The van der Waals surface area contributed by atoms with E-state index in [-0.39, 0.29) is 5.91 Å². The lowest BCUT2D eigenvalue weighted by atomic mass is 10.3. The molecular weight excluding hydrogens is 236 g/mol. The van der Waals surface area contributed by atoms with Crippen molar-refractivity contribution >= 4 is 5.91 Å². The van der Waals surface area contributed by atoms with E-state index in [0.29, 0.717) is 36.1 Å². The number of aryl methyl sites for hydroxylation is 2. The van der Waals surface area contributed by atoms with Crippen LogP contribution in [-0.4, -0.2) is 27.6 Å². The van der Waals surface area contributed by atoms with Gasteiger partial charge >= 0.3 is 0 Å². The summed E-state index contributed by atoms with van der Waals surface area (Å²) in [6.45, 7) is 4.05. The van der Waals surface area contributed by atoms with E-state index in [4.69, 9.17) is 8.94 Å². The SMILES string of the molecule is CCc1noc(CCNC(=O)c2ncoc2C)n1. The molecule has 1 amide bonds. The zero-order valence-corrected chi connectivity index (χ0v) is 10.3. The molecule has 0 aromatic carbocycles. The molecule has 1 N–H and O–H groups in total. The van der Waals surface area contributed by atoms with Crippen molar-refractivity contribution in [3.8, 4) is 0 Å². The van der Waals surface area contributed by atoms with Crippen LogP contribution in [0.2, 0.25) is 0 Å². The second-order valence-corrected chi connectivity index (χ2v) is 3.72. The molecule has 2 aromatic heterocycles. The quantitative estimate of drug-likeness (QED) is 0.847. The number of amides is 1. The largest absolute Gasteiger partial charge is 0.448 e. The minimum Gasteiger partial charge on any atom is -0.448 e. The number of nitrogens with zero attached hydrogens (tertiary/aromatic N) is 3. The van der Waals surface area contributed by atoms with Crippen LogP contribution in [0.5, 0.6) is 0 Å². The number of carbonyl (C=O) groups is 1. The summed E-state index contributed by atoms with van der Waals surface area (Å²) in [7, 11) is 0. The second-order valence-electron chi connectivity index (χ2n) is 3.72. The lowest BCUT2D eigenvalue weighted by molar-refractivity contribution is 0.0947. The fourth-order valence-corrected chi connectivity index (χ4v) is 1.43. The molecule has 0 saturated heterocycles. The van der Waals surface area contributed by atoms with Gasteiger partial charge in [0.2, 0.25) is 5.89 Å². The Kier molecular flexibility index (Phi) is 3.71. The van der Waals surface area contributed by atoms with E-state index >= 15 is 0 Å². The first kappa shape index (κ1) is 12.3. The third-order valence-electron chi connectivity index (χ3n) is 2.41. The van der Waals surface area contributed by atoms with Crippen molar-refractivity contribution < 1.29 is 13.7 Å². The Labute approximate surface area is 104 Å². The van der Waals surface area contributed by atoms with Crippen LogP contribution in [0.25, 0.3) is 0 Å². The van der Waals surface area contributed by atoms with Crippen LogP contribution < -0.4 is 5.32 Å². The molecular formula is C11H14N4O3. The van der Waals surface area contributed by atoms with E-state index in [0.717, 1.165) is 6.42 Å². The lowest BCUT2D eigenvalue weighted by Gasteiger charge is -2.00. The maximum atomic E-state index is 11.7. The van der Waals surface area contributed by atoms with Crippen LogP contribution in [0, 0.1) is 6.92 Å². The molecule has 0 saturated carbocycles. The van der Waals surface area contributed by atoms with Gasteiger partial charge in [-0.05, 0) is 6.92 Å². The van der Waals surface area contributed by atoms with E-state index < -0.39 is 0 Å². The van der Waals surface area contributed by atoms with Crippen molar-refractivity contribution in [2.75, 3.05) is 6.54 Å². The standard InChI is InChI=1S/C11H14N4O3/c1-3-8-14-9(18-15-8)4-5-12-11(16)10-7(2)17-6-13-10/h6H,3-5H2,1-2H3,(H,12,16). The number of rotatable bonds is 5. The Morgan fingerprint density at radius 3 is 2.94 bits per heavy atom. The van der Waals surface area contributed by atoms with E-state index in [1.165, 1.54) is 6.39 Å². The van der Waals surface area contributed by atoms with Crippen LogP contribution in [0.1, 0.15) is 34.9 Å². The molecule has 0 bridgehead atoms. The van der Waals surface area contributed by atoms with Gasteiger partial charge in [-0.1, -0.05) is 12.1 Å². The number of nitrogens with one attached hydrogen (secondary N) is 1. The summed E-state index contributed by atoms with van der Waals surface area (Å²) in [5, 5.41) is 6.48. The minimum atomic E-state index is -0.267. The fourth-order valence-electron chi connectivity index (χ4n) is 1.43. The van der Waals surface area contributed by atoms with Gasteiger partial charge in [-0.3, -0.25) is 4.79 Å². The third-order valence-corrected chi connectivity index (χ3v) is 2.41. The van der Waals surface area contributed by atoms with Gasteiger partial charge in [0.05, 0.1) is 0 Å². The lowest BCUT2D eigenvalue weighted by Crippen LogP contribution is -2.26. The number of carbonyl (C=O) groups excluding carboxylic acids is 1. The molecule has 2 heterocycles. The average molecular weight is 250 g/mol. The number of hydrogen-bond acceptors (Lipinski definition) is 6. The van der Waals surface area contributed by atoms with Gasteiger partial charge in [0.15, 0.2) is 17.9 Å². The van der Waals surface area contributed by atoms with Crippen molar-refractivity contribution in [2.45, 2.75) is 26.7 Å². The fraction of sp³-hybridized carbons (Fsp3) is 0.455. The van der Waals surface area contributed by atoms with Gasteiger partial charge in [-0.15, -0.1) is 0 Å². The van der Waals surface area contributed by atoms with Crippen molar-refractivity contribution in [2.24, 2.45) is 0 Å². The van der Waals surface area contributed by atoms with Crippen molar-refractivity contribution in [3.05, 3.63) is 29.6 Å². The third kappa shape index (κ3) is 2.73. The first-order chi connectivity index (χ1) is 8.70. The summed E-state index contributed by atoms with van der Waals surface area (Å²) >= 11 is 0. The predicted octanol–water partition coefficient (Wildman–Crippen LogP) is 0.901. The van der Waals surface area contributed by atoms with Gasteiger partial charge in [-0.25, -0.2) is 4.98 Å². The van der Waals surface area contributed by atoms with Crippen LogP contribution >= 0.6 is 0 Å². The molecule has 0 radical (unpaired) electrons. The van der Waals surface area contributed by atoms with E-state index in [2.05, 4.69) is 20.4 Å². The summed E-state index contributed by atoms with van der Waals surface area (Å²) in [5.41, 5.74) is 0.301. The van der Waals surface area contributed by atoms with Crippen molar-refractivity contribution in [1.29, 1.82) is 0 Å². The predicted molar refractivity (Wildman–Crippen MR) is 61.0 cm³/mol. The van der Waals surface area contributed by atoms with Crippen molar-refractivity contribution in [1.82, 2.24) is 20.4 Å². The second kappa shape index (κ2) is 5.44. The zero-order chi connectivity index (χ0) is 13.0. The molecule has 0 aliphatic heterocycles.